The second kappa shape index (κ2) is 8.73. The molecule has 0 saturated heterocycles. The Morgan fingerprint density at radius 1 is 1.10 bits per heavy atom. The Hall–Kier alpha value is -3.75. The summed E-state index contributed by atoms with van der Waals surface area (Å²) in [7, 11) is 0. The van der Waals surface area contributed by atoms with Crippen LogP contribution in [0.15, 0.2) is 60.8 Å². The number of nitrogens with zero attached hydrogens (tertiary/aromatic N) is 3. The number of para-hydroxylation sites is 1. The molecule has 0 atom stereocenters. The Bertz CT molecular complexity index is 1100. The van der Waals surface area contributed by atoms with E-state index in [1.165, 1.54) is 36.5 Å². The van der Waals surface area contributed by atoms with E-state index >= 15 is 0 Å². The molecule has 1 amide bonds. The first-order valence-corrected chi connectivity index (χ1v) is 8.88. The second-order valence-electron chi connectivity index (χ2n) is 6.00. The lowest BCUT2D eigenvalue weighted by atomic mass is 10.1. The fraction of sp³-hybridized carbons (Fsp3) is 0.143. The number of aromatic nitrogens is 2. The standard InChI is InChI=1S/C21H16F3N3O3/c1-2-30-18(28)12-11-15-10-9-14-6-5-7-16(19(14)26-15)20(29)27(21(22,23)24)17-8-3-4-13-25-17/h3-13H,2H2,1H3. The number of hydrogen-bond acceptors (Lipinski definition) is 5. The van der Waals surface area contributed by atoms with Gasteiger partial charge in [-0.25, -0.2) is 19.7 Å². The molecule has 3 rings (SSSR count). The molecular weight excluding hydrogens is 399 g/mol. The number of benzene rings is 1. The summed E-state index contributed by atoms with van der Waals surface area (Å²) >= 11 is 0. The van der Waals surface area contributed by atoms with Crippen molar-refractivity contribution < 1.29 is 27.5 Å². The number of pyridine rings is 2. The Kier molecular flexibility index (Phi) is 6.10. The first kappa shape index (κ1) is 21.0. The molecule has 0 spiro atoms. The summed E-state index contributed by atoms with van der Waals surface area (Å²) in [6.07, 6.45) is -1.31. The number of fused-ring (bicyclic) bond motifs is 1. The third-order valence-electron chi connectivity index (χ3n) is 3.98. The Morgan fingerprint density at radius 2 is 1.90 bits per heavy atom. The smallest absolute Gasteiger partial charge is 0.463 e. The zero-order valence-electron chi connectivity index (χ0n) is 15.8. The van der Waals surface area contributed by atoms with Crippen LogP contribution < -0.4 is 4.90 Å². The lowest BCUT2D eigenvalue weighted by molar-refractivity contribution is -0.137. The van der Waals surface area contributed by atoms with Gasteiger partial charge < -0.3 is 4.74 Å². The number of alkyl halides is 3. The number of amides is 1. The molecule has 2 aromatic heterocycles. The maximum absolute atomic E-state index is 13.7. The van der Waals surface area contributed by atoms with Gasteiger partial charge in [-0.3, -0.25) is 4.79 Å². The van der Waals surface area contributed by atoms with E-state index in [1.807, 2.05) is 0 Å². The molecule has 0 bridgehead atoms. The summed E-state index contributed by atoms with van der Waals surface area (Å²) in [4.78, 5) is 32.0. The Balaban J connectivity index is 2.06. The summed E-state index contributed by atoms with van der Waals surface area (Å²) in [5.41, 5.74) is 0.104. The minimum Gasteiger partial charge on any atom is -0.463 e. The molecule has 0 aliphatic rings. The molecule has 1 aromatic carbocycles. The van der Waals surface area contributed by atoms with Crippen molar-refractivity contribution in [1.29, 1.82) is 0 Å². The van der Waals surface area contributed by atoms with Gasteiger partial charge in [0.1, 0.15) is 5.82 Å². The quantitative estimate of drug-likeness (QED) is 0.352. The third kappa shape index (κ3) is 4.62. The molecule has 0 aliphatic heterocycles. The molecule has 0 aliphatic carbocycles. The maximum atomic E-state index is 13.7. The highest BCUT2D eigenvalue weighted by Gasteiger charge is 2.44. The number of carbonyl (C=O) groups is 2. The molecule has 2 heterocycles. The van der Waals surface area contributed by atoms with E-state index in [1.54, 1.807) is 25.1 Å². The van der Waals surface area contributed by atoms with Crippen molar-refractivity contribution >= 4 is 34.7 Å². The van der Waals surface area contributed by atoms with E-state index in [0.717, 1.165) is 12.1 Å². The van der Waals surface area contributed by atoms with E-state index < -0.39 is 24.0 Å². The van der Waals surface area contributed by atoms with Crippen LogP contribution in [0.4, 0.5) is 19.0 Å². The summed E-state index contributed by atoms with van der Waals surface area (Å²) in [5, 5.41) is 0.470. The minimum atomic E-state index is -4.99. The molecule has 0 radical (unpaired) electrons. The zero-order valence-corrected chi connectivity index (χ0v) is 15.8. The van der Waals surface area contributed by atoms with Gasteiger partial charge in [0.15, 0.2) is 0 Å². The summed E-state index contributed by atoms with van der Waals surface area (Å²) in [5.74, 6) is -2.45. The Morgan fingerprint density at radius 3 is 2.57 bits per heavy atom. The van der Waals surface area contributed by atoms with Crippen molar-refractivity contribution in [2.45, 2.75) is 13.2 Å². The molecule has 0 fully saturated rings. The van der Waals surface area contributed by atoms with Crippen molar-refractivity contribution in [3.05, 3.63) is 72.1 Å². The van der Waals surface area contributed by atoms with E-state index in [9.17, 15) is 22.8 Å². The highest BCUT2D eigenvalue weighted by atomic mass is 19.4. The molecule has 0 N–H and O–H groups in total. The molecule has 0 unspecified atom stereocenters. The number of rotatable bonds is 5. The van der Waals surface area contributed by atoms with E-state index in [-0.39, 0.29) is 28.3 Å². The fourth-order valence-corrected chi connectivity index (χ4v) is 2.73. The van der Waals surface area contributed by atoms with Crippen molar-refractivity contribution in [3.8, 4) is 0 Å². The SMILES string of the molecule is CCOC(=O)C=Cc1ccc2cccc(C(=O)N(c3ccccn3)C(F)(F)F)c2n1. The van der Waals surface area contributed by atoms with Gasteiger partial charge in [-0.2, -0.15) is 0 Å². The summed E-state index contributed by atoms with van der Waals surface area (Å²) in [6.45, 7) is 1.86. The monoisotopic (exact) mass is 415 g/mol. The predicted molar refractivity (Wildman–Crippen MR) is 105 cm³/mol. The highest BCUT2D eigenvalue weighted by molar-refractivity contribution is 6.13. The maximum Gasteiger partial charge on any atom is 0.493 e. The number of ether oxygens (including phenoxy) is 1. The molecule has 30 heavy (non-hydrogen) atoms. The van der Waals surface area contributed by atoms with Crippen LogP contribution >= 0.6 is 0 Å². The van der Waals surface area contributed by atoms with Gasteiger partial charge in [0, 0.05) is 17.7 Å². The first-order chi connectivity index (χ1) is 14.3. The summed E-state index contributed by atoms with van der Waals surface area (Å²) < 4.78 is 45.8. The molecule has 0 saturated carbocycles. The predicted octanol–water partition coefficient (Wildman–Crippen LogP) is 4.37. The van der Waals surface area contributed by atoms with Crippen molar-refractivity contribution in [2.75, 3.05) is 11.5 Å². The van der Waals surface area contributed by atoms with Gasteiger partial charge in [-0.1, -0.05) is 24.3 Å². The third-order valence-corrected chi connectivity index (χ3v) is 3.98. The number of hydrogen-bond donors (Lipinski definition) is 0. The number of halogens is 3. The van der Waals surface area contributed by atoms with Crippen molar-refractivity contribution in [3.63, 3.8) is 0 Å². The molecular formula is C21H16F3N3O3. The van der Waals surface area contributed by atoms with E-state index in [4.69, 9.17) is 4.74 Å². The normalized spacial score (nSPS) is 11.6. The second-order valence-corrected chi connectivity index (χ2v) is 6.00. The topological polar surface area (TPSA) is 72.4 Å². The van der Waals surface area contributed by atoms with Crippen molar-refractivity contribution in [2.24, 2.45) is 0 Å². The van der Waals surface area contributed by atoms with Crippen LogP contribution in [-0.2, 0) is 9.53 Å². The molecule has 9 heteroatoms. The van der Waals surface area contributed by atoms with Gasteiger partial charge in [0.2, 0.25) is 0 Å². The average Bonchev–Trinajstić information content (AvgIpc) is 2.71. The highest BCUT2D eigenvalue weighted by Crippen LogP contribution is 2.30. The van der Waals surface area contributed by atoms with Crippen LogP contribution in [0.1, 0.15) is 23.0 Å². The van der Waals surface area contributed by atoms with Crippen LogP contribution in [0, 0.1) is 0 Å². The lowest BCUT2D eigenvalue weighted by Crippen LogP contribution is -2.43. The van der Waals surface area contributed by atoms with Crippen molar-refractivity contribution in [1.82, 2.24) is 9.97 Å². The van der Waals surface area contributed by atoms with Gasteiger partial charge >= 0.3 is 12.3 Å². The van der Waals surface area contributed by atoms with Gasteiger partial charge in [0.25, 0.3) is 5.91 Å². The number of anilines is 1. The van der Waals surface area contributed by atoms with Crippen LogP contribution in [0.5, 0.6) is 0 Å². The van der Waals surface area contributed by atoms with Gasteiger partial charge in [-0.05, 0) is 37.3 Å². The summed E-state index contributed by atoms with van der Waals surface area (Å²) in [6, 6.07) is 11.4. The zero-order chi connectivity index (χ0) is 21.7. The van der Waals surface area contributed by atoms with Gasteiger partial charge in [-0.15, -0.1) is 13.2 Å². The largest absolute Gasteiger partial charge is 0.493 e. The first-order valence-electron chi connectivity index (χ1n) is 8.88. The molecule has 6 nitrogen and oxygen atoms in total. The van der Waals surface area contributed by atoms with Crippen LogP contribution in [0.3, 0.4) is 0 Å². The minimum absolute atomic E-state index is 0.0682. The van der Waals surface area contributed by atoms with Crippen LogP contribution in [-0.4, -0.2) is 34.8 Å². The fourth-order valence-electron chi connectivity index (χ4n) is 2.73. The number of carbonyl (C=O) groups excluding carboxylic acids is 2. The Labute approximate surface area is 169 Å². The molecule has 3 aromatic rings. The van der Waals surface area contributed by atoms with Crippen LogP contribution in [0.25, 0.3) is 17.0 Å². The lowest BCUT2D eigenvalue weighted by Gasteiger charge is -2.24. The van der Waals surface area contributed by atoms with Crippen LogP contribution in [0.2, 0.25) is 0 Å². The molecule has 154 valence electrons. The van der Waals surface area contributed by atoms with E-state index in [0.29, 0.717) is 5.39 Å². The number of esters is 1. The van der Waals surface area contributed by atoms with Gasteiger partial charge in [0.05, 0.1) is 23.4 Å². The average molecular weight is 415 g/mol. The van der Waals surface area contributed by atoms with E-state index in [2.05, 4.69) is 9.97 Å².